The van der Waals surface area contributed by atoms with Crippen molar-refractivity contribution in [2.75, 3.05) is 0 Å². The summed E-state index contributed by atoms with van der Waals surface area (Å²) in [6.07, 6.45) is 2.72. The lowest BCUT2D eigenvalue weighted by atomic mass is 10.3. The van der Waals surface area contributed by atoms with Crippen molar-refractivity contribution in [1.82, 2.24) is 9.97 Å². The van der Waals surface area contributed by atoms with Crippen molar-refractivity contribution in [3.8, 4) is 0 Å². The Morgan fingerprint density at radius 3 is 3.00 bits per heavy atom. The molecular formula is C8H4ClN2. The molecule has 0 aliphatic carbocycles. The van der Waals surface area contributed by atoms with Gasteiger partial charge in [0.25, 0.3) is 0 Å². The second-order valence-corrected chi connectivity index (χ2v) is 2.50. The molecule has 0 fully saturated rings. The van der Waals surface area contributed by atoms with Crippen LogP contribution in [0.2, 0.25) is 5.15 Å². The maximum atomic E-state index is 5.67. The van der Waals surface area contributed by atoms with Crippen molar-refractivity contribution in [2.45, 2.75) is 0 Å². The average Bonchev–Trinajstić information content (AvgIpc) is 2.04. The van der Waals surface area contributed by atoms with Crippen LogP contribution in [-0.2, 0) is 0 Å². The van der Waals surface area contributed by atoms with Crippen molar-refractivity contribution in [1.29, 1.82) is 0 Å². The fourth-order valence-corrected chi connectivity index (χ4v) is 1.04. The third-order valence-corrected chi connectivity index (χ3v) is 1.58. The van der Waals surface area contributed by atoms with Crippen LogP contribution in [0.3, 0.4) is 0 Å². The largest absolute Gasteiger partial charge is 0.245 e. The number of fused-ring (bicyclic) bond motifs is 1. The molecule has 11 heavy (non-hydrogen) atoms. The second kappa shape index (κ2) is 2.47. The number of pyridine rings is 2. The zero-order valence-electron chi connectivity index (χ0n) is 5.58. The van der Waals surface area contributed by atoms with Crippen LogP contribution in [0, 0.1) is 6.20 Å². The molecule has 2 rings (SSSR count). The van der Waals surface area contributed by atoms with Crippen molar-refractivity contribution in [2.24, 2.45) is 0 Å². The first-order valence-electron chi connectivity index (χ1n) is 3.15. The minimum absolute atomic E-state index is 0.491. The zero-order chi connectivity index (χ0) is 7.68. The molecule has 0 saturated heterocycles. The Morgan fingerprint density at radius 2 is 2.09 bits per heavy atom. The van der Waals surface area contributed by atoms with Crippen molar-refractivity contribution < 1.29 is 0 Å². The molecule has 2 nitrogen and oxygen atoms in total. The van der Waals surface area contributed by atoms with Crippen molar-refractivity contribution >= 4 is 22.6 Å². The summed E-state index contributed by atoms with van der Waals surface area (Å²) >= 11 is 5.67. The van der Waals surface area contributed by atoms with E-state index < -0.39 is 0 Å². The summed E-state index contributed by atoms with van der Waals surface area (Å²) in [4.78, 5) is 8.03. The van der Waals surface area contributed by atoms with E-state index >= 15 is 0 Å². The van der Waals surface area contributed by atoms with E-state index in [0.29, 0.717) is 5.15 Å². The summed E-state index contributed by atoms with van der Waals surface area (Å²) in [5, 5.41) is 0.491. The summed E-state index contributed by atoms with van der Waals surface area (Å²) < 4.78 is 0. The van der Waals surface area contributed by atoms with E-state index in [0.717, 1.165) is 11.0 Å². The highest BCUT2D eigenvalue weighted by Gasteiger charge is 1.94. The molecule has 2 aromatic rings. The summed E-state index contributed by atoms with van der Waals surface area (Å²) in [7, 11) is 0. The zero-order valence-corrected chi connectivity index (χ0v) is 6.34. The van der Waals surface area contributed by atoms with E-state index in [1.165, 1.54) is 0 Å². The second-order valence-electron chi connectivity index (χ2n) is 2.11. The Morgan fingerprint density at radius 1 is 1.18 bits per heavy atom. The highest BCUT2D eigenvalue weighted by molar-refractivity contribution is 6.29. The predicted molar refractivity (Wildman–Crippen MR) is 43.4 cm³/mol. The predicted octanol–water partition coefficient (Wildman–Crippen LogP) is 2.08. The Hall–Kier alpha value is -1.15. The molecule has 2 aromatic heterocycles. The number of hydrogen-bond donors (Lipinski definition) is 0. The maximum absolute atomic E-state index is 5.67. The molecular weight excluding hydrogens is 160 g/mol. The number of rotatable bonds is 0. The first kappa shape index (κ1) is 6.55. The van der Waals surface area contributed by atoms with Gasteiger partial charge in [0, 0.05) is 0 Å². The van der Waals surface area contributed by atoms with Crippen molar-refractivity contribution in [3.63, 3.8) is 0 Å². The normalized spacial score (nSPS) is 10.3. The van der Waals surface area contributed by atoms with Gasteiger partial charge in [0.05, 0.1) is 17.2 Å². The Labute approximate surface area is 68.9 Å². The molecule has 0 N–H and O–H groups in total. The molecule has 0 atom stereocenters. The van der Waals surface area contributed by atoms with Crippen LogP contribution >= 0.6 is 11.6 Å². The van der Waals surface area contributed by atoms with E-state index in [1.807, 2.05) is 12.1 Å². The summed E-state index contributed by atoms with van der Waals surface area (Å²) in [6.45, 7) is 0. The van der Waals surface area contributed by atoms with Gasteiger partial charge in [-0.15, -0.1) is 0 Å². The van der Waals surface area contributed by atoms with E-state index in [-0.39, 0.29) is 0 Å². The van der Waals surface area contributed by atoms with Crippen LogP contribution in [-0.4, -0.2) is 9.97 Å². The van der Waals surface area contributed by atoms with Gasteiger partial charge in [0.1, 0.15) is 5.15 Å². The number of aromatic nitrogens is 2. The van der Waals surface area contributed by atoms with Crippen LogP contribution in [0.5, 0.6) is 0 Å². The monoisotopic (exact) mass is 163 g/mol. The highest BCUT2D eigenvalue weighted by atomic mass is 35.5. The van der Waals surface area contributed by atoms with Gasteiger partial charge in [0.2, 0.25) is 0 Å². The molecule has 0 aliphatic heterocycles. The van der Waals surface area contributed by atoms with Gasteiger partial charge in [-0.05, 0) is 24.3 Å². The average molecular weight is 164 g/mol. The fourth-order valence-electron chi connectivity index (χ4n) is 0.883. The molecule has 2 heterocycles. The van der Waals surface area contributed by atoms with Gasteiger partial charge in [0.15, 0.2) is 0 Å². The third kappa shape index (κ3) is 1.17. The number of hydrogen-bond acceptors (Lipinski definition) is 2. The van der Waals surface area contributed by atoms with Crippen LogP contribution < -0.4 is 0 Å². The first-order chi connectivity index (χ1) is 5.36. The lowest BCUT2D eigenvalue weighted by molar-refractivity contribution is 1.33. The Kier molecular flexibility index (Phi) is 1.47. The third-order valence-electron chi connectivity index (χ3n) is 1.37. The standard InChI is InChI=1S/C8H4ClN2/c9-8-4-3-6-7(11-8)2-1-5-10-6/h1-4H. The quantitative estimate of drug-likeness (QED) is 0.556. The van der Waals surface area contributed by atoms with Gasteiger partial charge in [-0.1, -0.05) is 11.6 Å². The smallest absolute Gasteiger partial charge is 0.129 e. The number of nitrogens with zero attached hydrogens (tertiary/aromatic N) is 2. The molecule has 0 aliphatic rings. The highest BCUT2D eigenvalue weighted by Crippen LogP contribution is 2.11. The fraction of sp³-hybridized carbons (Fsp3) is 0. The number of halogens is 1. The SMILES string of the molecule is Clc1ccc2n[c]ccc2n1. The van der Waals surface area contributed by atoms with Crippen LogP contribution in [0.25, 0.3) is 11.0 Å². The van der Waals surface area contributed by atoms with Gasteiger partial charge in [-0.25, -0.2) is 9.97 Å². The molecule has 0 spiro atoms. The van der Waals surface area contributed by atoms with Crippen molar-refractivity contribution in [3.05, 3.63) is 35.6 Å². The Balaban J connectivity index is 2.83. The van der Waals surface area contributed by atoms with E-state index in [9.17, 15) is 0 Å². The van der Waals surface area contributed by atoms with E-state index in [1.54, 1.807) is 12.1 Å². The van der Waals surface area contributed by atoms with Gasteiger partial charge >= 0.3 is 0 Å². The molecule has 0 amide bonds. The Bertz CT molecular complexity index is 387. The molecule has 53 valence electrons. The van der Waals surface area contributed by atoms with E-state index in [2.05, 4.69) is 16.2 Å². The molecule has 0 saturated carbocycles. The van der Waals surface area contributed by atoms with Crippen LogP contribution in [0.15, 0.2) is 24.3 Å². The molecule has 0 aromatic carbocycles. The van der Waals surface area contributed by atoms with E-state index in [4.69, 9.17) is 11.6 Å². The molecule has 3 heteroatoms. The van der Waals surface area contributed by atoms with Crippen LogP contribution in [0.1, 0.15) is 0 Å². The lowest BCUT2D eigenvalue weighted by Gasteiger charge is -1.93. The first-order valence-corrected chi connectivity index (χ1v) is 3.53. The summed E-state index contributed by atoms with van der Waals surface area (Å²) in [5.74, 6) is 0. The van der Waals surface area contributed by atoms with Crippen LogP contribution in [0.4, 0.5) is 0 Å². The summed E-state index contributed by atoms with van der Waals surface area (Å²) in [6, 6.07) is 7.08. The molecule has 1 radical (unpaired) electrons. The molecule has 0 bridgehead atoms. The minimum Gasteiger partial charge on any atom is -0.245 e. The van der Waals surface area contributed by atoms with Gasteiger partial charge in [-0.3, -0.25) is 0 Å². The van der Waals surface area contributed by atoms with Gasteiger partial charge in [-0.2, -0.15) is 0 Å². The minimum atomic E-state index is 0.491. The topological polar surface area (TPSA) is 25.8 Å². The lowest BCUT2D eigenvalue weighted by Crippen LogP contribution is -1.81. The molecule has 0 unspecified atom stereocenters. The maximum Gasteiger partial charge on any atom is 0.129 e. The summed E-state index contributed by atoms with van der Waals surface area (Å²) in [5.41, 5.74) is 1.62. The van der Waals surface area contributed by atoms with Gasteiger partial charge < -0.3 is 0 Å².